The van der Waals surface area contributed by atoms with E-state index < -0.39 is 0 Å². The van der Waals surface area contributed by atoms with Gasteiger partial charge in [0, 0.05) is 38.0 Å². The third kappa shape index (κ3) is 3.67. The van der Waals surface area contributed by atoms with Crippen LogP contribution < -0.4 is 0 Å². The molecule has 3 aromatic heterocycles. The molecule has 0 N–H and O–H groups in total. The summed E-state index contributed by atoms with van der Waals surface area (Å²) < 4.78 is 6.63. The van der Waals surface area contributed by atoms with Gasteiger partial charge in [-0.25, -0.2) is 0 Å². The van der Waals surface area contributed by atoms with E-state index in [1.54, 1.807) is 0 Å². The first kappa shape index (κ1) is 27.1. The maximum Gasteiger partial charge on any atom is 0.101 e. The minimum atomic E-state index is 0.431. The smallest absolute Gasteiger partial charge is 0.101 e. The second-order valence-corrected chi connectivity index (χ2v) is 12.4. The summed E-state index contributed by atoms with van der Waals surface area (Å²) in [5, 5.41) is 28.3. The monoisotopic (exact) mass is 623 g/mol. The summed E-state index contributed by atoms with van der Waals surface area (Å²) in [5.74, 6) is 0. The molecule has 0 amide bonds. The summed E-state index contributed by atoms with van der Waals surface area (Å²) in [4.78, 5) is 0. The molecule has 7 aromatic carbocycles. The molecule has 3 heterocycles. The number of benzene rings is 7. The maximum absolute atomic E-state index is 10.8. The molecule has 0 unspecified atom stereocenters. The molecule has 10 aromatic rings. The lowest BCUT2D eigenvalue weighted by Crippen LogP contribution is -2.05. The number of hydrogen-bond acceptors (Lipinski definition) is 2. The van der Waals surface area contributed by atoms with Gasteiger partial charge in [-0.15, -0.1) is 0 Å². The molecule has 5 nitrogen and oxygen atoms in total. The van der Waals surface area contributed by atoms with Gasteiger partial charge in [0.15, 0.2) is 0 Å². The highest BCUT2D eigenvalue weighted by atomic mass is 15.1. The first-order valence-corrected chi connectivity index (χ1v) is 16.2. The van der Waals surface area contributed by atoms with Gasteiger partial charge in [0.05, 0.1) is 55.6 Å². The van der Waals surface area contributed by atoms with Gasteiger partial charge in [-0.1, -0.05) is 103 Å². The van der Waals surface area contributed by atoms with E-state index in [1.165, 1.54) is 10.8 Å². The zero-order chi connectivity index (χ0) is 32.6. The van der Waals surface area contributed by atoms with Gasteiger partial charge < -0.3 is 13.7 Å². The minimum absolute atomic E-state index is 0.431. The Labute approximate surface area is 280 Å². The zero-order valence-corrected chi connectivity index (χ0v) is 26.2. The Morgan fingerprint density at radius 1 is 0.367 bits per heavy atom. The van der Waals surface area contributed by atoms with Crippen LogP contribution in [0.5, 0.6) is 0 Å². The summed E-state index contributed by atoms with van der Waals surface area (Å²) in [6.45, 7) is 0. The molecule has 49 heavy (non-hydrogen) atoms. The molecule has 0 aliphatic rings. The minimum Gasteiger partial charge on any atom is -0.307 e. The highest BCUT2D eigenvalue weighted by molar-refractivity contribution is 6.15. The standard InChI is InChI=1S/C44H25N5/c45-26-28-24-30(25-29(27-46)43(28)49-40-21-9-3-14-33(40)34-15-4-10-22-41(34)49)47-37-18-6-5-16-35(37)36-17-11-23-42(44(36)47)48-38-19-7-1-12-31(38)32-13-2-8-20-39(32)48/h1-25H. The van der Waals surface area contributed by atoms with Gasteiger partial charge in [0.2, 0.25) is 0 Å². The lowest BCUT2D eigenvalue weighted by molar-refractivity contribution is 1.11. The molecule has 5 heteroatoms. The third-order valence-electron chi connectivity index (χ3n) is 9.89. The van der Waals surface area contributed by atoms with E-state index >= 15 is 0 Å². The second kappa shape index (κ2) is 10.2. The molecule has 0 saturated carbocycles. The van der Waals surface area contributed by atoms with Crippen LogP contribution in [-0.4, -0.2) is 13.7 Å². The van der Waals surface area contributed by atoms with Crippen LogP contribution in [0.15, 0.2) is 152 Å². The molecule has 0 saturated heterocycles. The molecule has 0 aliphatic carbocycles. The number of nitrogens with zero attached hydrogens (tertiary/aromatic N) is 5. The van der Waals surface area contributed by atoms with Crippen LogP contribution in [0.1, 0.15) is 11.1 Å². The largest absolute Gasteiger partial charge is 0.307 e. The van der Waals surface area contributed by atoms with Crippen LogP contribution in [-0.2, 0) is 0 Å². The Hall–Kier alpha value is -7.08. The van der Waals surface area contributed by atoms with Crippen molar-refractivity contribution < 1.29 is 0 Å². The number of fused-ring (bicyclic) bond motifs is 9. The predicted molar refractivity (Wildman–Crippen MR) is 199 cm³/mol. The van der Waals surface area contributed by atoms with Crippen molar-refractivity contribution in [2.45, 2.75) is 0 Å². The predicted octanol–water partition coefficient (Wildman–Crippen LogP) is 10.7. The van der Waals surface area contributed by atoms with Crippen molar-refractivity contribution >= 4 is 65.4 Å². The molecule has 0 atom stereocenters. The molecule has 0 fully saturated rings. The molecule has 0 radical (unpaired) electrons. The van der Waals surface area contributed by atoms with Gasteiger partial charge in [-0.05, 0) is 48.5 Å². The zero-order valence-electron chi connectivity index (χ0n) is 26.2. The first-order chi connectivity index (χ1) is 24.3. The summed E-state index contributed by atoms with van der Waals surface area (Å²) >= 11 is 0. The molecule has 0 aliphatic heterocycles. The Morgan fingerprint density at radius 2 is 0.735 bits per heavy atom. The molecule has 0 bridgehead atoms. The SMILES string of the molecule is N#Cc1cc(-n2c3ccccc3c3cccc(-n4c5ccccc5c5ccccc54)c32)cc(C#N)c1-n1c2ccccc2c2ccccc21. The fraction of sp³-hybridized carbons (Fsp3) is 0. The lowest BCUT2D eigenvalue weighted by atomic mass is 10.1. The normalized spacial score (nSPS) is 11.6. The van der Waals surface area contributed by atoms with E-state index in [4.69, 9.17) is 0 Å². The third-order valence-corrected chi connectivity index (χ3v) is 9.89. The van der Waals surface area contributed by atoms with E-state index in [0.717, 1.165) is 66.0 Å². The number of rotatable bonds is 3. The van der Waals surface area contributed by atoms with E-state index in [-0.39, 0.29) is 0 Å². The summed E-state index contributed by atoms with van der Waals surface area (Å²) in [6, 6.07) is 57.0. The van der Waals surface area contributed by atoms with Gasteiger partial charge >= 0.3 is 0 Å². The Balaban J connectivity index is 1.33. The van der Waals surface area contributed by atoms with Crippen LogP contribution >= 0.6 is 0 Å². The van der Waals surface area contributed by atoms with Crippen molar-refractivity contribution in [2.75, 3.05) is 0 Å². The van der Waals surface area contributed by atoms with Crippen molar-refractivity contribution in [3.63, 3.8) is 0 Å². The quantitative estimate of drug-likeness (QED) is 0.197. The van der Waals surface area contributed by atoms with Crippen molar-refractivity contribution in [3.05, 3.63) is 163 Å². The Kier molecular flexibility index (Phi) is 5.64. The van der Waals surface area contributed by atoms with E-state index in [0.29, 0.717) is 16.8 Å². The van der Waals surface area contributed by atoms with E-state index in [1.807, 2.05) is 42.5 Å². The molecule has 226 valence electrons. The van der Waals surface area contributed by atoms with E-state index in [2.05, 4.69) is 135 Å². The van der Waals surface area contributed by atoms with Gasteiger partial charge in [-0.3, -0.25) is 0 Å². The number of hydrogen-bond donors (Lipinski definition) is 0. The lowest BCUT2D eigenvalue weighted by Gasteiger charge is -2.17. The van der Waals surface area contributed by atoms with Gasteiger partial charge in [0.1, 0.15) is 12.1 Å². The van der Waals surface area contributed by atoms with Crippen molar-refractivity contribution in [3.8, 4) is 29.2 Å². The summed E-state index contributed by atoms with van der Waals surface area (Å²) in [6.07, 6.45) is 0. The number of para-hydroxylation sites is 6. The average molecular weight is 624 g/mol. The highest BCUT2D eigenvalue weighted by Gasteiger charge is 2.23. The first-order valence-electron chi connectivity index (χ1n) is 16.2. The number of aromatic nitrogens is 3. The maximum atomic E-state index is 10.8. The topological polar surface area (TPSA) is 62.4 Å². The molecule has 0 spiro atoms. The Morgan fingerprint density at radius 3 is 1.18 bits per heavy atom. The average Bonchev–Trinajstić information content (AvgIpc) is 3.80. The van der Waals surface area contributed by atoms with E-state index in [9.17, 15) is 10.5 Å². The molecular weight excluding hydrogens is 599 g/mol. The highest BCUT2D eigenvalue weighted by Crippen LogP contribution is 2.41. The Bertz CT molecular complexity index is 2940. The second-order valence-electron chi connectivity index (χ2n) is 12.4. The fourth-order valence-corrected chi connectivity index (χ4v) is 7.95. The van der Waals surface area contributed by atoms with Crippen LogP contribution in [0, 0.1) is 22.7 Å². The van der Waals surface area contributed by atoms with Crippen LogP contribution in [0.2, 0.25) is 0 Å². The van der Waals surface area contributed by atoms with Crippen molar-refractivity contribution in [1.82, 2.24) is 13.7 Å². The molecular formula is C44H25N5. The molecule has 10 rings (SSSR count). The van der Waals surface area contributed by atoms with Crippen LogP contribution in [0.3, 0.4) is 0 Å². The van der Waals surface area contributed by atoms with Crippen LogP contribution in [0.25, 0.3) is 82.5 Å². The van der Waals surface area contributed by atoms with Crippen molar-refractivity contribution in [2.24, 2.45) is 0 Å². The summed E-state index contributed by atoms with van der Waals surface area (Å²) in [5.41, 5.74) is 9.39. The number of nitriles is 2. The fourth-order valence-electron chi connectivity index (χ4n) is 7.95. The van der Waals surface area contributed by atoms with Crippen molar-refractivity contribution in [1.29, 1.82) is 10.5 Å². The van der Waals surface area contributed by atoms with Crippen LogP contribution in [0.4, 0.5) is 0 Å². The van der Waals surface area contributed by atoms with Gasteiger partial charge in [-0.2, -0.15) is 10.5 Å². The van der Waals surface area contributed by atoms with Gasteiger partial charge in [0.25, 0.3) is 0 Å². The summed E-state index contributed by atoms with van der Waals surface area (Å²) in [7, 11) is 0.